The first-order chi connectivity index (χ1) is 13.5. The number of hydrogen-bond acceptors (Lipinski definition) is 5. The van der Waals surface area contributed by atoms with E-state index < -0.39 is 0 Å². The Labute approximate surface area is 170 Å². The van der Waals surface area contributed by atoms with Crippen LogP contribution in [0.3, 0.4) is 0 Å². The fourth-order valence-electron chi connectivity index (χ4n) is 4.18. The van der Waals surface area contributed by atoms with Gasteiger partial charge in [-0.15, -0.1) is 11.3 Å². The fourth-order valence-corrected chi connectivity index (χ4v) is 5.48. The van der Waals surface area contributed by atoms with Crippen molar-refractivity contribution >= 4 is 28.2 Å². The molecule has 0 unspecified atom stereocenters. The summed E-state index contributed by atoms with van der Waals surface area (Å²) in [5.41, 5.74) is 1.77. The molecule has 0 bridgehead atoms. The molecule has 7 nitrogen and oxygen atoms in total. The maximum atomic E-state index is 12.8. The quantitative estimate of drug-likeness (QED) is 0.576. The molecule has 3 N–H and O–H groups in total. The summed E-state index contributed by atoms with van der Waals surface area (Å²) >= 11 is 1.56. The number of carbonyl (C=O) groups excluding carboxylic acids is 2. The van der Waals surface area contributed by atoms with Crippen LogP contribution in [0.4, 0.5) is 5.00 Å². The van der Waals surface area contributed by atoms with Crippen molar-refractivity contribution in [1.29, 1.82) is 0 Å². The normalized spacial score (nSPS) is 24.5. The van der Waals surface area contributed by atoms with Crippen molar-refractivity contribution < 1.29 is 24.0 Å². The van der Waals surface area contributed by atoms with E-state index in [0.29, 0.717) is 30.3 Å². The molecule has 28 heavy (non-hydrogen) atoms. The fraction of sp³-hybridized carbons (Fsp3) is 0.700. The number of nitrogens with one attached hydrogen (secondary N) is 3. The van der Waals surface area contributed by atoms with E-state index in [0.717, 1.165) is 44.3 Å². The van der Waals surface area contributed by atoms with Crippen LogP contribution in [-0.4, -0.2) is 63.9 Å². The van der Waals surface area contributed by atoms with Crippen molar-refractivity contribution in [3.63, 3.8) is 0 Å². The Bertz CT molecular complexity index is 696. The molecule has 1 aliphatic heterocycles. The summed E-state index contributed by atoms with van der Waals surface area (Å²) in [6.45, 7) is 7.06. The number of morpholine rings is 1. The predicted molar refractivity (Wildman–Crippen MR) is 109 cm³/mol. The third kappa shape index (κ3) is 5.31. The van der Waals surface area contributed by atoms with Gasteiger partial charge in [0.15, 0.2) is 6.54 Å². The summed E-state index contributed by atoms with van der Waals surface area (Å²) < 4.78 is 10.8. The van der Waals surface area contributed by atoms with E-state index in [1.807, 2.05) is 13.8 Å². The summed E-state index contributed by atoms with van der Waals surface area (Å²) in [7, 11) is 1.61. The second-order valence-electron chi connectivity index (χ2n) is 7.80. The molecule has 2 aliphatic rings. The maximum Gasteiger partial charge on any atom is 0.280 e. The topological polar surface area (TPSA) is 81.1 Å². The van der Waals surface area contributed by atoms with E-state index in [1.165, 1.54) is 9.78 Å². The number of methoxy groups -OCH3 is 1. The SMILES string of the molecule is COCCNC(=O)c1c(NC(=O)C[NH+]2C[C@@H](C)O[C@H](C)C2)sc2c1CCCC2. The Morgan fingerprint density at radius 2 is 1.93 bits per heavy atom. The van der Waals surface area contributed by atoms with Crippen LogP contribution in [0.2, 0.25) is 0 Å². The number of hydrogen-bond donors (Lipinski definition) is 3. The molecule has 3 rings (SSSR count). The van der Waals surface area contributed by atoms with Crippen molar-refractivity contribution in [1.82, 2.24) is 5.32 Å². The summed E-state index contributed by atoms with van der Waals surface area (Å²) in [5.74, 6) is -0.159. The lowest BCUT2D eigenvalue weighted by Gasteiger charge is -2.31. The van der Waals surface area contributed by atoms with Gasteiger partial charge in [-0.2, -0.15) is 0 Å². The largest absolute Gasteiger partial charge is 0.383 e. The van der Waals surface area contributed by atoms with Crippen LogP contribution >= 0.6 is 11.3 Å². The van der Waals surface area contributed by atoms with Gasteiger partial charge in [0.1, 0.15) is 30.3 Å². The number of ether oxygens (including phenoxy) is 2. The van der Waals surface area contributed by atoms with Crippen LogP contribution in [0.5, 0.6) is 0 Å². The van der Waals surface area contributed by atoms with E-state index in [2.05, 4.69) is 10.6 Å². The predicted octanol–water partition coefficient (Wildman–Crippen LogP) is 0.634. The Morgan fingerprint density at radius 3 is 2.64 bits per heavy atom. The summed E-state index contributed by atoms with van der Waals surface area (Å²) in [5, 5.41) is 6.65. The molecule has 0 radical (unpaired) electrons. The van der Waals surface area contributed by atoms with Crippen LogP contribution in [0.1, 0.15) is 47.5 Å². The van der Waals surface area contributed by atoms with Crippen molar-refractivity contribution in [3.8, 4) is 0 Å². The van der Waals surface area contributed by atoms with Gasteiger partial charge >= 0.3 is 0 Å². The van der Waals surface area contributed by atoms with Crippen molar-refractivity contribution in [3.05, 3.63) is 16.0 Å². The molecule has 8 heteroatoms. The lowest BCUT2D eigenvalue weighted by molar-refractivity contribution is -0.907. The molecular weight excluding hydrogens is 378 g/mol. The molecule has 2 amide bonds. The average Bonchev–Trinajstić information content (AvgIpc) is 2.98. The van der Waals surface area contributed by atoms with E-state index in [-0.39, 0.29) is 24.0 Å². The molecule has 1 aliphatic carbocycles. The zero-order valence-electron chi connectivity index (χ0n) is 17.1. The number of quaternary nitrogens is 1. The number of rotatable bonds is 7. The molecule has 1 aromatic heterocycles. The molecule has 2 heterocycles. The zero-order valence-corrected chi connectivity index (χ0v) is 17.9. The first-order valence-corrected chi connectivity index (χ1v) is 11.0. The van der Waals surface area contributed by atoms with E-state index in [4.69, 9.17) is 9.47 Å². The number of aryl methyl sites for hydroxylation is 1. The van der Waals surface area contributed by atoms with Crippen LogP contribution in [0, 0.1) is 0 Å². The van der Waals surface area contributed by atoms with Crippen molar-refractivity contribution in [2.45, 2.75) is 51.7 Å². The molecule has 0 aromatic carbocycles. The summed E-state index contributed by atoms with van der Waals surface area (Å²) in [4.78, 5) is 28.0. The molecule has 156 valence electrons. The highest BCUT2D eigenvalue weighted by Crippen LogP contribution is 2.38. The molecular formula is C20H32N3O4S+. The van der Waals surface area contributed by atoms with Crippen LogP contribution in [-0.2, 0) is 27.1 Å². The second kappa shape index (κ2) is 9.82. The van der Waals surface area contributed by atoms with Gasteiger partial charge < -0.3 is 25.0 Å². The van der Waals surface area contributed by atoms with Gasteiger partial charge in [0.05, 0.1) is 12.2 Å². The molecule has 1 saturated heterocycles. The van der Waals surface area contributed by atoms with E-state index in [9.17, 15) is 9.59 Å². The first-order valence-electron chi connectivity index (χ1n) is 10.2. The highest BCUT2D eigenvalue weighted by Gasteiger charge is 2.29. The van der Waals surface area contributed by atoms with Gasteiger partial charge in [-0.1, -0.05) is 0 Å². The molecule has 1 aromatic rings. The highest BCUT2D eigenvalue weighted by atomic mass is 32.1. The smallest absolute Gasteiger partial charge is 0.280 e. The molecule has 0 spiro atoms. The lowest BCUT2D eigenvalue weighted by atomic mass is 9.95. The Kier molecular flexibility index (Phi) is 7.45. The van der Waals surface area contributed by atoms with Gasteiger partial charge in [0, 0.05) is 18.5 Å². The minimum atomic E-state index is -0.118. The van der Waals surface area contributed by atoms with Crippen LogP contribution in [0.25, 0.3) is 0 Å². The third-order valence-electron chi connectivity index (χ3n) is 5.27. The van der Waals surface area contributed by atoms with Gasteiger partial charge in [-0.3, -0.25) is 9.59 Å². The minimum Gasteiger partial charge on any atom is -0.383 e. The van der Waals surface area contributed by atoms with Gasteiger partial charge in [0.2, 0.25) is 0 Å². The van der Waals surface area contributed by atoms with E-state index in [1.54, 1.807) is 18.4 Å². The molecule has 2 atom stereocenters. The second-order valence-corrected chi connectivity index (χ2v) is 8.91. The number of amides is 2. The molecule has 0 saturated carbocycles. The number of fused-ring (bicyclic) bond motifs is 1. The summed E-state index contributed by atoms with van der Waals surface area (Å²) in [6, 6.07) is 0. The number of carbonyl (C=O) groups is 2. The van der Waals surface area contributed by atoms with Gasteiger partial charge in [-0.05, 0) is 45.1 Å². The minimum absolute atomic E-state index is 0.0409. The zero-order chi connectivity index (χ0) is 20.1. The Hall–Kier alpha value is -1.48. The van der Waals surface area contributed by atoms with Gasteiger partial charge in [-0.25, -0.2) is 0 Å². The standard InChI is InChI=1S/C20H31N3O4S/c1-13-10-23(11-14(2)27-13)12-17(24)22-20-18(19(25)21-8-9-26-3)15-6-4-5-7-16(15)28-20/h13-14H,4-12H2,1-3H3,(H,21,25)(H,22,24)/p+1/t13-,14-/m1/s1. The van der Waals surface area contributed by atoms with Crippen molar-refractivity contribution in [2.24, 2.45) is 0 Å². The first kappa shape index (κ1) is 21.2. The Morgan fingerprint density at radius 1 is 1.21 bits per heavy atom. The highest BCUT2D eigenvalue weighted by molar-refractivity contribution is 7.17. The molecule has 1 fully saturated rings. The average molecular weight is 411 g/mol. The summed E-state index contributed by atoms with van der Waals surface area (Å²) in [6.07, 6.45) is 4.42. The maximum absolute atomic E-state index is 12.8. The van der Waals surface area contributed by atoms with Crippen LogP contribution in [0.15, 0.2) is 0 Å². The lowest BCUT2D eigenvalue weighted by Crippen LogP contribution is -3.16. The van der Waals surface area contributed by atoms with E-state index >= 15 is 0 Å². The Balaban J connectivity index is 1.70. The van der Waals surface area contributed by atoms with Crippen molar-refractivity contribution in [2.75, 3.05) is 45.2 Å². The monoisotopic (exact) mass is 410 g/mol. The van der Waals surface area contributed by atoms with Crippen LogP contribution < -0.4 is 15.5 Å². The third-order valence-corrected chi connectivity index (χ3v) is 6.48. The number of thiophene rings is 1. The number of anilines is 1. The van der Waals surface area contributed by atoms with Gasteiger partial charge in [0.25, 0.3) is 11.8 Å².